The molecular weight excluding hydrogens is 432 g/mol. The van der Waals surface area contributed by atoms with Crippen LogP contribution in [0.15, 0.2) is 42.5 Å². The van der Waals surface area contributed by atoms with Crippen LogP contribution in [-0.2, 0) is 16.1 Å². The van der Waals surface area contributed by atoms with Crippen molar-refractivity contribution >= 4 is 40.7 Å². The Hall–Kier alpha value is -2.45. The molecule has 1 N–H and O–H groups in total. The highest BCUT2D eigenvalue weighted by molar-refractivity contribution is 6.34. The summed E-state index contributed by atoms with van der Waals surface area (Å²) >= 11 is 11.8. The third-order valence-corrected chi connectivity index (χ3v) is 4.29. The summed E-state index contributed by atoms with van der Waals surface area (Å²) in [5, 5.41) is 3.26. The van der Waals surface area contributed by atoms with Gasteiger partial charge < -0.3 is 15.0 Å². The number of carbonyl (C=O) groups is 2. The molecule has 0 heterocycles. The molecule has 10 heteroatoms. The van der Waals surface area contributed by atoms with E-state index in [1.807, 2.05) is 0 Å². The Bertz CT molecular complexity index is 891. The van der Waals surface area contributed by atoms with Crippen LogP contribution >= 0.6 is 23.2 Å². The zero-order chi connectivity index (χ0) is 21.6. The molecule has 2 amide bonds. The van der Waals surface area contributed by atoms with Crippen LogP contribution < -0.4 is 10.1 Å². The molecule has 0 atom stereocenters. The van der Waals surface area contributed by atoms with Gasteiger partial charge in [0.05, 0.1) is 5.02 Å². The van der Waals surface area contributed by atoms with Crippen LogP contribution in [-0.4, -0.2) is 36.0 Å². The zero-order valence-corrected chi connectivity index (χ0v) is 16.7. The van der Waals surface area contributed by atoms with Gasteiger partial charge in [-0.15, -0.1) is 0 Å². The van der Waals surface area contributed by atoms with E-state index in [1.54, 1.807) is 24.3 Å². The summed E-state index contributed by atoms with van der Waals surface area (Å²) < 4.78 is 43.2. The number of ether oxygens (including phenoxy) is 1. The number of amides is 2. The maximum atomic E-state index is 12.6. The largest absolute Gasteiger partial charge is 0.482 e. The van der Waals surface area contributed by atoms with Crippen molar-refractivity contribution in [3.05, 3.63) is 58.1 Å². The molecule has 0 radical (unpaired) electrons. The van der Waals surface area contributed by atoms with Crippen molar-refractivity contribution in [2.75, 3.05) is 18.5 Å². The van der Waals surface area contributed by atoms with E-state index in [4.69, 9.17) is 27.9 Å². The molecule has 2 aromatic rings. The number of halogens is 5. The van der Waals surface area contributed by atoms with Crippen molar-refractivity contribution in [3.8, 4) is 5.75 Å². The van der Waals surface area contributed by atoms with Gasteiger partial charge in [-0.1, -0.05) is 35.3 Å². The Morgan fingerprint density at radius 1 is 1.14 bits per heavy atom. The highest BCUT2D eigenvalue weighted by atomic mass is 35.5. The lowest BCUT2D eigenvalue weighted by atomic mass is 10.2. The number of carbonyl (C=O) groups excluding carboxylic acids is 2. The van der Waals surface area contributed by atoms with Gasteiger partial charge in [0.15, 0.2) is 6.61 Å². The number of rotatable bonds is 7. The predicted molar refractivity (Wildman–Crippen MR) is 104 cm³/mol. The molecule has 5 nitrogen and oxygen atoms in total. The Kier molecular flexibility index (Phi) is 7.75. The number of anilines is 1. The predicted octanol–water partition coefficient (Wildman–Crippen LogP) is 4.92. The highest BCUT2D eigenvalue weighted by Gasteiger charge is 2.41. The summed E-state index contributed by atoms with van der Waals surface area (Å²) in [5.74, 6) is -2.18. The molecule has 0 spiro atoms. The topological polar surface area (TPSA) is 58.6 Å². The SMILES string of the molecule is CCN(Cc1cccc(NC(=O)COc2cc(Cl)ccc2Cl)c1)C(=O)C(F)(F)F. The normalized spacial score (nSPS) is 11.1. The van der Waals surface area contributed by atoms with Gasteiger partial charge in [-0.2, -0.15) is 13.2 Å². The van der Waals surface area contributed by atoms with Gasteiger partial charge in [-0.3, -0.25) is 9.59 Å². The summed E-state index contributed by atoms with van der Waals surface area (Å²) in [4.78, 5) is 24.2. The molecule has 0 saturated carbocycles. The van der Waals surface area contributed by atoms with Gasteiger partial charge in [-0.25, -0.2) is 0 Å². The van der Waals surface area contributed by atoms with Crippen molar-refractivity contribution < 1.29 is 27.5 Å². The lowest BCUT2D eigenvalue weighted by Gasteiger charge is -2.22. The molecule has 0 bridgehead atoms. The van der Waals surface area contributed by atoms with Crippen LogP contribution in [0, 0.1) is 0 Å². The lowest BCUT2D eigenvalue weighted by molar-refractivity contribution is -0.185. The smallest absolute Gasteiger partial charge is 0.471 e. The second-order valence-corrected chi connectivity index (χ2v) is 6.77. The van der Waals surface area contributed by atoms with Gasteiger partial charge >= 0.3 is 12.1 Å². The van der Waals surface area contributed by atoms with Gasteiger partial charge in [0, 0.05) is 29.9 Å². The number of hydrogen-bond donors (Lipinski definition) is 1. The number of nitrogens with zero attached hydrogens (tertiary/aromatic N) is 1. The van der Waals surface area contributed by atoms with Crippen molar-refractivity contribution in [1.29, 1.82) is 0 Å². The van der Waals surface area contributed by atoms with Gasteiger partial charge in [-0.05, 0) is 36.8 Å². The zero-order valence-electron chi connectivity index (χ0n) is 15.2. The first kappa shape index (κ1) is 22.8. The summed E-state index contributed by atoms with van der Waals surface area (Å²) in [6.45, 7) is 0.752. The van der Waals surface area contributed by atoms with Gasteiger partial charge in [0.25, 0.3) is 5.91 Å². The molecule has 156 valence electrons. The first-order chi connectivity index (χ1) is 13.6. The fourth-order valence-corrected chi connectivity index (χ4v) is 2.74. The van der Waals surface area contributed by atoms with Crippen molar-refractivity contribution in [2.45, 2.75) is 19.6 Å². The average Bonchev–Trinajstić information content (AvgIpc) is 2.66. The summed E-state index contributed by atoms with van der Waals surface area (Å²) in [7, 11) is 0. The lowest BCUT2D eigenvalue weighted by Crippen LogP contribution is -2.40. The Balaban J connectivity index is 1.99. The fourth-order valence-electron chi connectivity index (χ4n) is 2.40. The van der Waals surface area contributed by atoms with E-state index in [-0.39, 0.29) is 30.5 Å². The van der Waals surface area contributed by atoms with Crippen LogP contribution in [0.3, 0.4) is 0 Å². The van der Waals surface area contributed by atoms with Crippen LogP contribution in [0.5, 0.6) is 5.75 Å². The maximum Gasteiger partial charge on any atom is 0.471 e. The van der Waals surface area contributed by atoms with Crippen LogP contribution in [0.2, 0.25) is 10.0 Å². The molecule has 0 fully saturated rings. The number of alkyl halides is 3. The number of benzene rings is 2. The van der Waals surface area contributed by atoms with E-state index in [1.165, 1.54) is 25.1 Å². The van der Waals surface area contributed by atoms with Gasteiger partial charge in [0.2, 0.25) is 0 Å². The first-order valence-corrected chi connectivity index (χ1v) is 9.18. The fraction of sp³-hybridized carbons (Fsp3) is 0.263. The number of nitrogens with one attached hydrogen (secondary N) is 1. The molecule has 0 aliphatic rings. The van der Waals surface area contributed by atoms with E-state index in [2.05, 4.69) is 5.32 Å². The van der Waals surface area contributed by atoms with Crippen molar-refractivity contribution in [1.82, 2.24) is 4.90 Å². The maximum absolute atomic E-state index is 12.6. The monoisotopic (exact) mass is 448 g/mol. The minimum absolute atomic E-state index is 0.108. The standard InChI is InChI=1S/C19H17Cl2F3N2O3/c1-2-26(18(28)19(22,23)24)10-12-4-3-5-14(8-12)25-17(27)11-29-16-9-13(20)6-7-15(16)21/h3-9H,2,10-11H2,1H3,(H,25,27). The minimum atomic E-state index is -4.94. The van der Waals surface area contributed by atoms with E-state index < -0.39 is 18.0 Å². The summed E-state index contributed by atoms with van der Waals surface area (Å²) in [6, 6.07) is 10.7. The van der Waals surface area contributed by atoms with Crippen molar-refractivity contribution in [3.63, 3.8) is 0 Å². The first-order valence-electron chi connectivity index (χ1n) is 8.43. The number of hydrogen-bond acceptors (Lipinski definition) is 3. The summed E-state index contributed by atoms with van der Waals surface area (Å²) in [5.41, 5.74) is 0.782. The van der Waals surface area contributed by atoms with E-state index in [0.717, 1.165) is 0 Å². The molecule has 2 rings (SSSR count). The van der Waals surface area contributed by atoms with Gasteiger partial charge in [0.1, 0.15) is 5.75 Å². The third-order valence-electron chi connectivity index (χ3n) is 3.75. The van der Waals surface area contributed by atoms with E-state index in [0.29, 0.717) is 21.2 Å². The quantitative estimate of drug-likeness (QED) is 0.653. The molecule has 29 heavy (non-hydrogen) atoms. The minimum Gasteiger partial charge on any atom is -0.482 e. The Labute approximate surface area is 175 Å². The molecular formula is C19H17Cl2F3N2O3. The molecule has 0 unspecified atom stereocenters. The van der Waals surface area contributed by atoms with Crippen LogP contribution in [0.25, 0.3) is 0 Å². The van der Waals surface area contributed by atoms with Crippen LogP contribution in [0.1, 0.15) is 12.5 Å². The molecule has 0 aliphatic heterocycles. The highest BCUT2D eigenvalue weighted by Crippen LogP contribution is 2.27. The van der Waals surface area contributed by atoms with E-state index >= 15 is 0 Å². The third kappa shape index (κ3) is 6.83. The second kappa shape index (κ2) is 9.84. The molecule has 2 aromatic carbocycles. The average molecular weight is 449 g/mol. The summed E-state index contributed by atoms with van der Waals surface area (Å²) in [6.07, 6.45) is -4.94. The molecule has 0 aliphatic carbocycles. The Morgan fingerprint density at radius 3 is 2.52 bits per heavy atom. The second-order valence-electron chi connectivity index (χ2n) is 5.93. The molecule has 0 saturated heterocycles. The van der Waals surface area contributed by atoms with Crippen molar-refractivity contribution in [2.24, 2.45) is 0 Å². The Morgan fingerprint density at radius 2 is 1.86 bits per heavy atom. The van der Waals surface area contributed by atoms with E-state index in [9.17, 15) is 22.8 Å². The molecule has 0 aromatic heterocycles. The van der Waals surface area contributed by atoms with Crippen LogP contribution in [0.4, 0.5) is 18.9 Å².